The summed E-state index contributed by atoms with van der Waals surface area (Å²) >= 11 is 0. The van der Waals surface area contributed by atoms with E-state index in [1.165, 1.54) is 18.8 Å². The number of unbranched alkanes of at least 4 members (excludes halogenated alkanes) is 1. The second-order valence-corrected chi connectivity index (χ2v) is 15.6. The van der Waals surface area contributed by atoms with Crippen molar-refractivity contribution in [3.05, 3.63) is 65.7 Å². The summed E-state index contributed by atoms with van der Waals surface area (Å²) < 4.78 is 12.2. The molecule has 306 valence electrons. The first-order chi connectivity index (χ1) is 27.1. The molecule has 1 aliphatic heterocycles. The molecule has 0 spiro atoms. The average molecular weight is 809 g/mol. The SMILES string of the molecule is C#CP(C)(=O)Nc1ccc(C(=O)NCCCC[C@@H]2NC(=O)[C@@H](Cc3ccccc3)NC(=O)[C@H](CC(=O)O)NC(=O)CNC(=O)[C@H](CCCN=C(N)N)NC2=O)cc1. The zero-order chi connectivity index (χ0) is 42.0. The topological polar surface area (TPSA) is 305 Å². The second-order valence-electron chi connectivity index (χ2n) is 13.3. The molecule has 12 N–H and O–H groups in total. The first kappa shape index (κ1) is 45.0. The number of nitrogens with one attached hydrogen (secondary N) is 7. The van der Waals surface area contributed by atoms with Gasteiger partial charge in [0, 0.05) is 37.4 Å². The minimum absolute atomic E-state index is 0.0275. The zero-order valence-electron chi connectivity index (χ0n) is 31.4. The van der Waals surface area contributed by atoms with E-state index in [1.807, 2.05) is 0 Å². The Kier molecular flexibility index (Phi) is 17.5. The lowest BCUT2D eigenvalue weighted by Gasteiger charge is -2.26. The van der Waals surface area contributed by atoms with E-state index in [4.69, 9.17) is 17.9 Å². The summed E-state index contributed by atoms with van der Waals surface area (Å²) in [7, 11) is -3.01. The number of amides is 6. The Morgan fingerprint density at radius 3 is 2.07 bits per heavy atom. The lowest BCUT2D eigenvalue weighted by molar-refractivity contribution is -0.141. The molecule has 1 unspecified atom stereocenters. The Labute approximate surface area is 329 Å². The highest BCUT2D eigenvalue weighted by Gasteiger charge is 2.33. The number of carboxylic acid groups (broad SMARTS) is 1. The Balaban J connectivity index is 1.83. The van der Waals surface area contributed by atoms with E-state index in [1.54, 1.807) is 42.5 Å². The third-order valence-corrected chi connectivity index (χ3v) is 9.70. The van der Waals surface area contributed by atoms with Gasteiger partial charge in [0.25, 0.3) is 5.91 Å². The second kappa shape index (κ2) is 22.2. The number of nitrogens with zero attached hydrogens (tertiary/aromatic N) is 1. The minimum atomic E-state index is -3.01. The number of carboxylic acids is 1. The molecule has 5 atom stereocenters. The van der Waals surface area contributed by atoms with E-state index < -0.39 is 79.9 Å². The molecule has 0 aliphatic carbocycles. The van der Waals surface area contributed by atoms with Crippen molar-refractivity contribution in [1.29, 1.82) is 0 Å². The van der Waals surface area contributed by atoms with Crippen LogP contribution in [0, 0.1) is 12.1 Å². The highest BCUT2D eigenvalue weighted by atomic mass is 31.2. The third-order valence-electron chi connectivity index (χ3n) is 8.52. The molecule has 20 heteroatoms. The predicted molar refractivity (Wildman–Crippen MR) is 212 cm³/mol. The summed E-state index contributed by atoms with van der Waals surface area (Å²) in [4.78, 5) is 95.6. The van der Waals surface area contributed by atoms with Crippen molar-refractivity contribution in [1.82, 2.24) is 31.9 Å². The molecule has 1 aliphatic rings. The highest BCUT2D eigenvalue weighted by Crippen LogP contribution is 2.39. The fourth-order valence-corrected chi connectivity index (χ4v) is 6.30. The minimum Gasteiger partial charge on any atom is -0.481 e. The van der Waals surface area contributed by atoms with Gasteiger partial charge in [-0.05, 0) is 67.6 Å². The predicted octanol–water partition coefficient (Wildman–Crippen LogP) is -0.663. The molecule has 0 bridgehead atoms. The number of carbonyl (C=O) groups is 7. The number of anilines is 1. The van der Waals surface area contributed by atoms with Crippen LogP contribution in [0.4, 0.5) is 5.69 Å². The maximum Gasteiger partial charge on any atom is 0.305 e. The average Bonchev–Trinajstić information content (AvgIpc) is 3.16. The number of guanidine groups is 1. The van der Waals surface area contributed by atoms with Gasteiger partial charge in [0.05, 0.1) is 13.0 Å². The first-order valence-electron chi connectivity index (χ1n) is 18.1. The van der Waals surface area contributed by atoms with Crippen LogP contribution in [0.25, 0.3) is 0 Å². The van der Waals surface area contributed by atoms with E-state index >= 15 is 0 Å². The molecule has 0 radical (unpaired) electrons. The van der Waals surface area contributed by atoms with Gasteiger partial charge in [-0.3, -0.25) is 43.1 Å². The van der Waals surface area contributed by atoms with Crippen molar-refractivity contribution < 1.29 is 43.2 Å². The lowest BCUT2D eigenvalue weighted by atomic mass is 10.0. The number of terminal acetylenes is 1. The van der Waals surface area contributed by atoms with Gasteiger partial charge in [0.2, 0.25) is 36.8 Å². The van der Waals surface area contributed by atoms with Crippen LogP contribution in [0.2, 0.25) is 0 Å². The smallest absolute Gasteiger partial charge is 0.305 e. The number of rotatable bonds is 16. The molecule has 57 heavy (non-hydrogen) atoms. The number of hydrogen-bond acceptors (Lipinski definition) is 9. The van der Waals surface area contributed by atoms with E-state index in [9.17, 15) is 43.2 Å². The van der Waals surface area contributed by atoms with Gasteiger partial charge in [-0.15, -0.1) is 6.42 Å². The van der Waals surface area contributed by atoms with Gasteiger partial charge in [0.15, 0.2) is 5.96 Å². The Bertz CT molecular complexity index is 1880. The molecule has 0 saturated carbocycles. The molecule has 2 aromatic rings. The van der Waals surface area contributed by atoms with E-state index in [0.717, 1.165) is 0 Å². The van der Waals surface area contributed by atoms with Crippen molar-refractivity contribution in [3.8, 4) is 12.1 Å². The molecule has 1 saturated heterocycles. The van der Waals surface area contributed by atoms with Crippen LogP contribution in [0.15, 0.2) is 59.6 Å². The van der Waals surface area contributed by atoms with Gasteiger partial charge in [-0.1, -0.05) is 30.3 Å². The van der Waals surface area contributed by atoms with Crippen LogP contribution < -0.4 is 48.5 Å². The van der Waals surface area contributed by atoms with Crippen molar-refractivity contribution >= 4 is 60.4 Å². The summed E-state index contributed by atoms with van der Waals surface area (Å²) in [6.07, 6.45) is 5.37. The molecule has 3 rings (SSSR count). The normalized spacial score (nSPS) is 20.2. The first-order valence-corrected chi connectivity index (χ1v) is 20.2. The molecule has 6 amide bonds. The fourth-order valence-electron chi connectivity index (χ4n) is 5.59. The zero-order valence-corrected chi connectivity index (χ0v) is 32.3. The van der Waals surface area contributed by atoms with Crippen LogP contribution in [0.5, 0.6) is 0 Å². The van der Waals surface area contributed by atoms with E-state index in [-0.39, 0.29) is 50.6 Å². The maximum absolute atomic E-state index is 13.9. The third kappa shape index (κ3) is 16.1. The summed E-state index contributed by atoms with van der Waals surface area (Å²) in [6.45, 7) is 1.06. The van der Waals surface area contributed by atoms with Crippen LogP contribution >= 0.6 is 7.29 Å². The van der Waals surface area contributed by atoms with Crippen LogP contribution in [0.1, 0.15) is 54.4 Å². The van der Waals surface area contributed by atoms with Gasteiger partial charge in [-0.2, -0.15) is 0 Å². The van der Waals surface area contributed by atoms with Crippen molar-refractivity contribution in [2.75, 3.05) is 31.4 Å². The number of carbonyl (C=O) groups excluding carboxylic acids is 6. The molecular weight excluding hydrogens is 759 g/mol. The summed E-state index contributed by atoms with van der Waals surface area (Å²) in [5.41, 5.74) is 14.5. The molecule has 0 aromatic heterocycles. The van der Waals surface area contributed by atoms with Gasteiger partial charge >= 0.3 is 5.97 Å². The van der Waals surface area contributed by atoms with E-state index in [2.05, 4.69) is 47.6 Å². The van der Waals surface area contributed by atoms with E-state index in [0.29, 0.717) is 29.7 Å². The van der Waals surface area contributed by atoms with Crippen molar-refractivity contribution in [3.63, 3.8) is 0 Å². The highest BCUT2D eigenvalue weighted by molar-refractivity contribution is 7.69. The van der Waals surface area contributed by atoms with Crippen LogP contribution in [-0.4, -0.2) is 103 Å². The van der Waals surface area contributed by atoms with Crippen LogP contribution in [0.3, 0.4) is 0 Å². The number of nitrogens with two attached hydrogens (primary N) is 2. The molecule has 19 nitrogen and oxygen atoms in total. The fraction of sp³-hybridized carbons (Fsp3) is 0.405. The quantitative estimate of drug-likeness (QED) is 0.0332. The Morgan fingerprint density at radius 1 is 0.842 bits per heavy atom. The molecular formula is C37H49N10O9P. The van der Waals surface area contributed by atoms with Gasteiger partial charge < -0.3 is 53.6 Å². The summed E-state index contributed by atoms with van der Waals surface area (Å²) in [5.74, 6) is -6.12. The lowest BCUT2D eigenvalue weighted by Crippen LogP contribution is -2.58. The number of aliphatic carboxylic acids is 1. The Hall–Kier alpha value is -6.41. The number of aliphatic imine (C=N–C) groups is 1. The molecule has 1 heterocycles. The monoisotopic (exact) mass is 808 g/mol. The Morgan fingerprint density at radius 2 is 1.44 bits per heavy atom. The summed E-state index contributed by atoms with van der Waals surface area (Å²) in [6, 6.07) is 9.45. The van der Waals surface area contributed by atoms with Crippen molar-refractivity contribution in [2.24, 2.45) is 16.5 Å². The molecule has 1 fully saturated rings. The van der Waals surface area contributed by atoms with Gasteiger partial charge in [-0.25, -0.2) is 0 Å². The molecule has 2 aromatic carbocycles. The number of hydrogen-bond donors (Lipinski definition) is 10. The van der Waals surface area contributed by atoms with Gasteiger partial charge in [0.1, 0.15) is 24.2 Å². The summed E-state index contributed by atoms with van der Waals surface area (Å²) in [5, 5.41) is 27.5. The number of benzene rings is 2. The standard InChI is InChI=1S/C37H49N10O9P/c1-3-57(2,56)47-25-16-14-24(15-17-25)32(51)40-18-8-7-12-27-34(53)44-26(13-9-19-41-37(38)39)33(52)42-22-30(48)43-29(21-31(49)50)36(55)46-28(35(54)45-27)20-23-10-5-4-6-11-23/h1,4-6,10-11,14-17,26-29H,7-9,12-13,18-22H2,2H3,(H,40,51)(H,42,52)(H,43,48)(H,44,53)(H,45,54)(H,46,55)(H,47,56)(H,49,50)(H4,38,39,41)/t26-,27-,28+,29-,57?/m0/s1. The largest absolute Gasteiger partial charge is 0.481 e. The van der Waals surface area contributed by atoms with Crippen molar-refractivity contribution in [2.45, 2.75) is 69.1 Å². The van der Waals surface area contributed by atoms with Crippen LogP contribution in [-0.2, 0) is 39.8 Å². The maximum atomic E-state index is 13.9.